The van der Waals surface area contributed by atoms with Crippen LogP contribution in [0.4, 0.5) is 5.69 Å². The first-order valence-electron chi connectivity index (χ1n) is 8.77. The van der Waals surface area contributed by atoms with E-state index in [1.807, 2.05) is 19.1 Å². The number of aromatic nitrogens is 1. The van der Waals surface area contributed by atoms with Crippen LogP contribution in [0.1, 0.15) is 17.0 Å². The van der Waals surface area contributed by atoms with Crippen LogP contribution in [0, 0.1) is 13.8 Å². The van der Waals surface area contributed by atoms with Gasteiger partial charge < -0.3 is 18.8 Å². The molecule has 0 aliphatic carbocycles. The monoisotopic (exact) mass is 370 g/mol. The molecule has 0 amide bonds. The highest BCUT2D eigenvalue weighted by Crippen LogP contribution is 2.30. The predicted molar refractivity (Wildman–Crippen MR) is 103 cm³/mol. The third-order valence-corrected chi connectivity index (χ3v) is 5.52. The first-order chi connectivity index (χ1) is 12.7. The molecule has 0 atom stereocenters. The van der Waals surface area contributed by atoms with Crippen LogP contribution in [0.5, 0.6) is 5.75 Å². The van der Waals surface area contributed by atoms with Crippen LogP contribution in [0.25, 0.3) is 10.8 Å². The average molecular weight is 370 g/mol. The van der Waals surface area contributed by atoms with Crippen molar-refractivity contribution in [3.63, 3.8) is 0 Å². The summed E-state index contributed by atoms with van der Waals surface area (Å²) in [5.74, 6) is 2.32. The molecule has 0 N–H and O–H groups in total. The van der Waals surface area contributed by atoms with E-state index >= 15 is 0 Å². The van der Waals surface area contributed by atoms with Crippen molar-refractivity contribution < 1.29 is 13.9 Å². The number of nitrogens with zero attached hydrogens (tertiary/aromatic N) is 2. The molecule has 136 valence electrons. The number of rotatable bonds is 5. The molecule has 0 spiro atoms. The fourth-order valence-electron chi connectivity index (χ4n) is 2.99. The zero-order chi connectivity index (χ0) is 17.9. The molecule has 5 nitrogen and oxygen atoms in total. The van der Waals surface area contributed by atoms with Gasteiger partial charge in [0.15, 0.2) is 0 Å². The highest BCUT2D eigenvalue weighted by Gasteiger charge is 2.15. The minimum Gasteiger partial charge on any atom is -0.487 e. The van der Waals surface area contributed by atoms with Gasteiger partial charge in [-0.15, -0.1) is 11.3 Å². The van der Waals surface area contributed by atoms with Gasteiger partial charge in [-0.25, -0.2) is 4.98 Å². The Balaban J connectivity index is 1.46. The topological polar surface area (TPSA) is 47.7 Å². The van der Waals surface area contributed by atoms with Crippen molar-refractivity contribution in [1.29, 1.82) is 0 Å². The summed E-state index contributed by atoms with van der Waals surface area (Å²) in [4.78, 5) is 8.02. The van der Waals surface area contributed by atoms with Gasteiger partial charge in [0.1, 0.15) is 23.8 Å². The summed E-state index contributed by atoms with van der Waals surface area (Å²) in [6.07, 6.45) is 0. The van der Waals surface area contributed by atoms with Crippen molar-refractivity contribution in [2.75, 3.05) is 31.2 Å². The van der Waals surface area contributed by atoms with Crippen LogP contribution < -0.4 is 9.64 Å². The molecule has 1 fully saturated rings. The maximum absolute atomic E-state index is 5.99. The Kier molecular flexibility index (Phi) is 4.95. The molecule has 1 aliphatic rings. The number of oxazole rings is 1. The molecule has 2 aromatic heterocycles. The number of aryl methyl sites for hydroxylation is 2. The summed E-state index contributed by atoms with van der Waals surface area (Å²) in [6.45, 7) is 7.76. The maximum atomic E-state index is 5.99. The smallest absolute Gasteiger partial charge is 0.237 e. The minimum atomic E-state index is 0.395. The van der Waals surface area contributed by atoms with E-state index in [1.54, 1.807) is 11.3 Å². The Morgan fingerprint density at radius 2 is 2.04 bits per heavy atom. The number of hydrogen-bond acceptors (Lipinski definition) is 6. The molecular weight excluding hydrogens is 348 g/mol. The molecule has 4 rings (SSSR count). The van der Waals surface area contributed by atoms with E-state index in [9.17, 15) is 0 Å². The van der Waals surface area contributed by atoms with Crippen molar-refractivity contribution in [1.82, 2.24) is 4.98 Å². The maximum Gasteiger partial charge on any atom is 0.237 e. The lowest BCUT2D eigenvalue weighted by molar-refractivity contribution is 0.122. The molecular formula is C20H22N2O3S. The number of hydrogen-bond donors (Lipinski definition) is 0. The number of morpholine rings is 1. The van der Waals surface area contributed by atoms with Crippen molar-refractivity contribution in [2.45, 2.75) is 20.5 Å². The van der Waals surface area contributed by atoms with Gasteiger partial charge in [0.05, 0.1) is 18.1 Å². The zero-order valence-corrected chi connectivity index (χ0v) is 15.8. The van der Waals surface area contributed by atoms with Gasteiger partial charge in [0, 0.05) is 24.8 Å². The second-order valence-corrected chi connectivity index (χ2v) is 7.26. The fourth-order valence-corrected chi connectivity index (χ4v) is 3.84. The summed E-state index contributed by atoms with van der Waals surface area (Å²) in [6, 6.07) is 10.3. The Morgan fingerprint density at radius 1 is 1.19 bits per heavy atom. The van der Waals surface area contributed by atoms with Crippen molar-refractivity contribution in [3.05, 3.63) is 52.7 Å². The van der Waals surface area contributed by atoms with E-state index < -0.39 is 0 Å². The molecule has 3 heterocycles. The average Bonchev–Trinajstić information content (AvgIpc) is 3.26. The lowest BCUT2D eigenvalue weighted by Crippen LogP contribution is -2.36. The van der Waals surface area contributed by atoms with Crippen LogP contribution in [0.3, 0.4) is 0 Å². The molecule has 26 heavy (non-hydrogen) atoms. The zero-order valence-electron chi connectivity index (χ0n) is 15.0. The van der Waals surface area contributed by atoms with Gasteiger partial charge >= 0.3 is 0 Å². The van der Waals surface area contributed by atoms with E-state index in [0.29, 0.717) is 12.5 Å². The summed E-state index contributed by atoms with van der Waals surface area (Å²) in [7, 11) is 0. The number of ether oxygens (including phenoxy) is 2. The van der Waals surface area contributed by atoms with Crippen molar-refractivity contribution >= 4 is 17.0 Å². The lowest BCUT2D eigenvalue weighted by Gasteiger charge is -2.29. The van der Waals surface area contributed by atoms with Crippen LogP contribution in [-0.2, 0) is 11.3 Å². The largest absolute Gasteiger partial charge is 0.487 e. The molecule has 1 aromatic carbocycles. The Labute approximate surface area is 157 Å². The predicted octanol–water partition coefficient (Wildman–Crippen LogP) is 4.44. The molecule has 6 heteroatoms. The van der Waals surface area contributed by atoms with Crippen molar-refractivity contribution in [2.24, 2.45) is 0 Å². The lowest BCUT2D eigenvalue weighted by atomic mass is 10.2. The van der Waals surface area contributed by atoms with Crippen LogP contribution in [-0.4, -0.2) is 31.3 Å². The Hall–Kier alpha value is -2.31. The summed E-state index contributed by atoms with van der Waals surface area (Å²) in [5.41, 5.74) is 3.18. The second-order valence-electron chi connectivity index (χ2n) is 6.34. The van der Waals surface area contributed by atoms with E-state index in [0.717, 1.165) is 54.1 Å². The Bertz CT molecular complexity index is 881. The number of thiophene rings is 1. The quantitative estimate of drug-likeness (QED) is 0.665. The standard InChI is InChI=1S/C20H22N2O3S/c1-14-6-11-26-19(14)20-21-18(15(2)25-20)13-24-17-5-3-4-16(12-17)22-7-9-23-10-8-22/h3-6,11-12H,7-10,13H2,1-2H3. The molecule has 0 saturated carbocycles. The first-order valence-corrected chi connectivity index (χ1v) is 9.65. The van der Waals surface area contributed by atoms with Crippen LogP contribution in [0.2, 0.25) is 0 Å². The third kappa shape index (κ3) is 3.61. The van der Waals surface area contributed by atoms with Gasteiger partial charge in [-0.1, -0.05) is 6.07 Å². The van der Waals surface area contributed by atoms with Gasteiger partial charge in [-0.05, 0) is 43.0 Å². The summed E-state index contributed by atoms with van der Waals surface area (Å²) in [5, 5.41) is 2.05. The van der Waals surface area contributed by atoms with Crippen LogP contribution in [0.15, 0.2) is 40.1 Å². The van der Waals surface area contributed by atoms with E-state index in [2.05, 4.69) is 40.4 Å². The molecule has 3 aromatic rings. The highest BCUT2D eigenvalue weighted by molar-refractivity contribution is 7.13. The summed E-state index contributed by atoms with van der Waals surface area (Å²) < 4.78 is 17.3. The molecule has 1 saturated heterocycles. The van der Waals surface area contributed by atoms with Gasteiger partial charge in [0.2, 0.25) is 5.89 Å². The normalized spacial score (nSPS) is 14.6. The third-order valence-electron chi connectivity index (χ3n) is 4.52. The summed E-state index contributed by atoms with van der Waals surface area (Å²) >= 11 is 1.64. The van der Waals surface area contributed by atoms with Gasteiger partial charge in [-0.2, -0.15) is 0 Å². The molecule has 1 aliphatic heterocycles. The van der Waals surface area contributed by atoms with Gasteiger partial charge in [-0.3, -0.25) is 0 Å². The van der Waals surface area contributed by atoms with E-state index in [-0.39, 0.29) is 0 Å². The fraction of sp³-hybridized carbons (Fsp3) is 0.350. The van der Waals surface area contributed by atoms with Crippen LogP contribution >= 0.6 is 11.3 Å². The molecule has 0 unspecified atom stereocenters. The van der Waals surface area contributed by atoms with E-state index in [4.69, 9.17) is 13.9 Å². The second kappa shape index (κ2) is 7.51. The first kappa shape index (κ1) is 17.1. The molecule has 0 radical (unpaired) electrons. The number of anilines is 1. The van der Waals surface area contributed by atoms with Gasteiger partial charge in [0.25, 0.3) is 0 Å². The highest BCUT2D eigenvalue weighted by atomic mass is 32.1. The SMILES string of the molecule is Cc1ccsc1-c1nc(COc2cccc(N3CCOCC3)c2)c(C)o1. The molecule has 0 bridgehead atoms. The Morgan fingerprint density at radius 3 is 2.81 bits per heavy atom. The van der Waals surface area contributed by atoms with Crippen molar-refractivity contribution in [3.8, 4) is 16.5 Å². The number of benzene rings is 1. The minimum absolute atomic E-state index is 0.395. The van der Waals surface area contributed by atoms with E-state index in [1.165, 1.54) is 5.56 Å².